The average molecular weight is 345 g/mol. The lowest BCUT2D eigenvalue weighted by Gasteiger charge is -2.13. The van der Waals surface area contributed by atoms with E-state index in [2.05, 4.69) is 9.97 Å². The van der Waals surface area contributed by atoms with E-state index < -0.39 is 11.7 Å². The largest absolute Gasteiger partial charge is 0.462 e. The van der Waals surface area contributed by atoms with Crippen molar-refractivity contribution >= 4 is 5.97 Å². The van der Waals surface area contributed by atoms with Crippen LogP contribution >= 0.6 is 0 Å². The number of hydrogen-bond donors (Lipinski definition) is 1. The first-order chi connectivity index (χ1) is 12.6. The molecule has 0 aliphatic carbocycles. The van der Waals surface area contributed by atoms with Crippen molar-refractivity contribution in [3.05, 3.63) is 76.2 Å². The Morgan fingerprint density at radius 1 is 1.12 bits per heavy atom. The van der Waals surface area contributed by atoms with Crippen LogP contribution in [-0.2, 0) is 4.74 Å². The van der Waals surface area contributed by atoms with Crippen molar-refractivity contribution in [3.8, 4) is 28.6 Å². The van der Waals surface area contributed by atoms with Crippen LogP contribution < -0.4 is 5.69 Å². The summed E-state index contributed by atoms with van der Waals surface area (Å²) < 4.78 is 5.18. The summed E-state index contributed by atoms with van der Waals surface area (Å²) in [7, 11) is 0. The van der Waals surface area contributed by atoms with E-state index in [1.54, 1.807) is 55.5 Å². The second kappa shape index (κ2) is 7.45. The molecule has 0 bridgehead atoms. The molecule has 0 radical (unpaired) electrons. The molecule has 0 saturated carbocycles. The van der Waals surface area contributed by atoms with Crippen molar-refractivity contribution in [3.63, 3.8) is 0 Å². The zero-order valence-electron chi connectivity index (χ0n) is 14.0. The van der Waals surface area contributed by atoms with Gasteiger partial charge in [0.05, 0.1) is 29.6 Å². The molecule has 128 valence electrons. The molecule has 0 fully saturated rings. The van der Waals surface area contributed by atoms with Crippen molar-refractivity contribution in [2.45, 2.75) is 6.92 Å². The summed E-state index contributed by atoms with van der Waals surface area (Å²) in [5, 5.41) is 8.96. The highest BCUT2D eigenvalue weighted by molar-refractivity contribution is 6.02. The van der Waals surface area contributed by atoms with E-state index in [9.17, 15) is 9.59 Å². The van der Waals surface area contributed by atoms with Crippen LogP contribution in [0.25, 0.3) is 22.5 Å². The molecule has 6 heteroatoms. The smallest absolute Gasteiger partial charge is 0.346 e. The predicted molar refractivity (Wildman–Crippen MR) is 96.4 cm³/mol. The molecular weight excluding hydrogens is 330 g/mol. The first-order valence-electron chi connectivity index (χ1n) is 8.01. The van der Waals surface area contributed by atoms with Gasteiger partial charge in [-0.1, -0.05) is 42.5 Å². The van der Waals surface area contributed by atoms with E-state index >= 15 is 0 Å². The molecule has 3 rings (SSSR count). The minimum atomic E-state index is -0.575. The lowest BCUT2D eigenvalue weighted by atomic mass is 9.99. The van der Waals surface area contributed by atoms with Crippen LogP contribution in [0.3, 0.4) is 0 Å². The van der Waals surface area contributed by atoms with Crippen LogP contribution in [-0.4, -0.2) is 22.5 Å². The Labute approximate surface area is 149 Å². The molecule has 6 nitrogen and oxygen atoms in total. The number of ether oxygens (including phenoxy) is 1. The van der Waals surface area contributed by atoms with Crippen LogP contribution in [0.5, 0.6) is 0 Å². The molecule has 3 aromatic rings. The van der Waals surface area contributed by atoms with Crippen LogP contribution in [0, 0.1) is 11.3 Å². The molecule has 26 heavy (non-hydrogen) atoms. The minimum Gasteiger partial charge on any atom is -0.462 e. The highest BCUT2D eigenvalue weighted by Gasteiger charge is 2.23. The summed E-state index contributed by atoms with van der Waals surface area (Å²) in [5.74, 6) is -0.575. The number of benzene rings is 2. The highest BCUT2D eigenvalue weighted by atomic mass is 16.5. The second-order valence-corrected chi connectivity index (χ2v) is 5.42. The van der Waals surface area contributed by atoms with Gasteiger partial charge in [-0.15, -0.1) is 0 Å². The van der Waals surface area contributed by atoms with Gasteiger partial charge in [0.2, 0.25) is 0 Å². The van der Waals surface area contributed by atoms with Gasteiger partial charge in [0, 0.05) is 5.56 Å². The molecule has 0 aliphatic heterocycles. The number of carbonyl (C=O) groups is 1. The fraction of sp³-hybridized carbons (Fsp3) is 0.100. The van der Waals surface area contributed by atoms with E-state index in [0.717, 1.165) is 0 Å². The third-order valence-corrected chi connectivity index (χ3v) is 3.76. The quantitative estimate of drug-likeness (QED) is 0.733. The van der Waals surface area contributed by atoms with Gasteiger partial charge >= 0.3 is 11.7 Å². The number of rotatable bonds is 4. The Morgan fingerprint density at radius 2 is 1.81 bits per heavy atom. The number of hydrogen-bond acceptors (Lipinski definition) is 5. The first kappa shape index (κ1) is 17.1. The number of nitrogens with zero attached hydrogens (tertiary/aromatic N) is 2. The molecule has 1 aromatic heterocycles. The lowest BCUT2D eigenvalue weighted by Crippen LogP contribution is -2.19. The molecule has 1 N–H and O–H groups in total. The summed E-state index contributed by atoms with van der Waals surface area (Å²) in [5.41, 5.74) is 1.88. The van der Waals surface area contributed by atoms with Crippen molar-refractivity contribution in [1.82, 2.24) is 9.97 Å². The Hall–Kier alpha value is -3.72. The number of nitriles is 1. The monoisotopic (exact) mass is 345 g/mol. The van der Waals surface area contributed by atoms with E-state index in [0.29, 0.717) is 22.4 Å². The van der Waals surface area contributed by atoms with Crippen LogP contribution in [0.2, 0.25) is 0 Å². The minimum absolute atomic E-state index is 0.183. The van der Waals surface area contributed by atoms with Gasteiger partial charge in [0.15, 0.2) is 0 Å². The van der Waals surface area contributed by atoms with E-state index in [4.69, 9.17) is 10.00 Å². The van der Waals surface area contributed by atoms with Gasteiger partial charge in [0.25, 0.3) is 0 Å². The Kier molecular flexibility index (Phi) is 4.90. The maximum Gasteiger partial charge on any atom is 0.346 e. The zero-order valence-corrected chi connectivity index (χ0v) is 14.0. The van der Waals surface area contributed by atoms with Gasteiger partial charge in [0.1, 0.15) is 5.56 Å². The van der Waals surface area contributed by atoms with Crippen molar-refractivity contribution in [1.29, 1.82) is 5.26 Å². The number of aromatic amines is 1. The Bertz CT molecular complexity index is 1030. The first-order valence-corrected chi connectivity index (χ1v) is 8.01. The number of aromatic nitrogens is 2. The number of carbonyl (C=O) groups excluding carboxylic acids is 1. The maximum absolute atomic E-state index is 12.6. The SMILES string of the molecule is CCOC(=O)c1c(-c2ccccc2)nc(=O)[nH]c1-c1ccc(C#N)cc1. The molecule has 0 saturated heterocycles. The molecule has 0 spiro atoms. The summed E-state index contributed by atoms with van der Waals surface area (Å²) >= 11 is 0. The van der Waals surface area contributed by atoms with Crippen LogP contribution in [0.15, 0.2) is 59.4 Å². The number of esters is 1. The number of H-pyrrole nitrogens is 1. The fourth-order valence-corrected chi connectivity index (χ4v) is 2.61. The standard InChI is InChI=1S/C20H15N3O3/c1-2-26-19(24)16-17(14-6-4-3-5-7-14)22-20(25)23-18(16)15-10-8-13(12-21)9-11-15/h3-11H,2H2,1H3,(H,22,23,25). The van der Waals surface area contributed by atoms with E-state index in [1.807, 2.05) is 12.1 Å². The van der Waals surface area contributed by atoms with Crippen molar-refractivity contribution in [2.75, 3.05) is 6.61 Å². The van der Waals surface area contributed by atoms with Gasteiger partial charge in [-0.25, -0.2) is 9.59 Å². The predicted octanol–water partition coefficient (Wildman–Crippen LogP) is 3.15. The summed E-state index contributed by atoms with van der Waals surface area (Å²) in [6.45, 7) is 1.90. The molecular formula is C20H15N3O3. The van der Waals surface area contributed by atoms with Crippen LogP contribution in [0.4, 0.5) is 0 Å². The van der Waals surface area contributed by atoms with E-state index in [1.165, 1.54) is 0 Å². The summed E-state index contributed by atoms with van der Waals surface area (Å²) in [6, 6.07) is 17.6. The Balaban J connectivity index is 2.29. The summed E-state index contributed by atoms with van der Waals surface area (Å²) in [4.78, 5) is 31.4. The average Bonchev–Trinajstić information content (AvgIpc) is 2.68. The van der Waals surface area contributed by atoms with Gasteiger partial charge in [-0.2, -0.15) is 10.2 Å². The molecule has 0 atom stereocenters. The highest BCUT2D eigenvalue weighted by Crippen LogP contribution is 2.29. The Morgan fingerprint density at radius 3 is 2.42 bits per heavy atom. The second-order valence-electron chi connectivity index (χ2n) is 5.42. The van der Waals surface area contributed by atoms with Crippen molar-refractivity contribution < 1.29 is 9.53 Å². The molecule has 0 unspecified atom stereocenters. The van der Waals surface area contributed by atoms with Crippen molar-refractivity contribution in [2.24, 2.45) is 0 Å². The molecule has 0 amide bonds. The number of nitrogens with one attached hydrogen (secondary N) is 1. The van der Waals surface area contributed by atoms with Crippen LogP contribution in [0.1, 0.15) is 22.8 Å². The van der Waals surface area contributed by atoms with E-state index in [-0.39, 0.29) is 17.9 Å². The third kappa shape index (κ3) is 3.37. The maximum atomic E-state index is 12.6. The third-order valence-electron chi connectivity index (χ3n) is 3.76. The fourth-order valence-electron chi connectivity index (χ4n) is 2.61. The molecule has 2 aromatic carbocycles. The molecule has 1 heterocycles. The normalized spacial score (nSPS) is 10.2. The zero-order chi connectivity index (χ0) is 18.5. The summed E-state index contributed by atoms with van der Waals surface area (Å²) in [6.07, 6.45) is 0. The molecule has 0 aliphatic rings. The topological polar surface area (TPSA) is 95.8 Å². The lowest BCUT2D eigenvalue weighted by molar-refractivity contribution is 0.0527. The van der Waals surface area contributed by atoms with Gasteiger partial charge < -0.3 is 9.72 Å². The van der Waals surface area contributed by atoms with Gasteiger partial charge in [-0.05, 0) is 24.6 Å². The van der Waals surface area contributed by atoms with Gasteiger partial charge in [-0.3, -0.25) is 0 Å².